The average Bonchev–Trinajstić information content (AvgIpc) is 1.47. The molecule has 2 saturated heterocycles. The van der Waals surface area contributed by atoms with Crippen molar-refractivity contribution in [1.82, 2.24) is 4.90 Å². The number of nitrogens with zero attached hydrogens (tertiary/aromatic N) is 1. The predicted octanol–water partition coefficient (Wildman–Crippen LogP) is 16.8. The van der Waals surface area contributed by atoms with Crippen LogP contribution in [-0.4, -0.2) is 90.9 Å². The Morgan fingerprint density at radius 2 is 1.03 bits per heavy atom. The molecule has 4 spiro atoms. The molecule has 8 atom stereocenters. The van der Waals surface area contributed by atoms with Crippen molar-refractivity contribution in [3.8, 4) is 0 Å². The number of esters is 1. The van der Waals surface area contributed by atoms with E-state index in [1.807, 2.05) is 60.7 Å². The van der Waals surface area contributed by atoms with Crippen molar-refractivity contribution in [1.29, 1.82) is 0 Å². The number of Topliss-reactive ketones (excluding diaryl/α,β-unsaturated/α-hetero) is 1. The maximum atomic E-state index is 16.5. The Bertz CT molecular complexity index is 4060. The van der Waals surface area contributed by atoms with E-state index in [9.17, 15) is 29.7 Å². The quantitative estimate of drug-likeness (QED) is 0.0677. The summed E-state index contributed by atoms with van der Waals surface area (Å²) in [6.45, 7) is 8.59. The van der Waals surface area contributed by atoms with Crippen molar-refractivity contribution in [3.05, 3.63) is 199 Å². The first-order valence-corrected chi connectivity index (χ1v) is 36.8. The first kappa shape index (κ1) is 74.2. The lowest BCUT2D eigenvalue weighted by molar-refractivity contribution is -0.184. The molecule has 7 fully saturated rings. The number of hydrogen-bond donors (Lipinski definition) is 7. The average molecular weight is 1470 g/mol. The van der Waals surface area contributed by atoms with Crippen molar-refractivity contribution in [2.45, 2.75) is 207 Å². The maximum Gasteiger partial charge on any atom is 0.324 e. The van der Waals surface area contributed by atoms with Gasteiger partial charge in [-0.1, -0.05) is 171 Å². The summed E-state index contributed by atoms with van der Waals surface area (Å²) in [5.41, 5.74) is 4.96. The third kappa shape index (κ3) is 12.6. The highest BCUT2D eigenvalue weighted by Crippen LogP contribution is 2.74. The molecule has 0 bridgehead atoms. The highest BCUT2D eigenvalue weighted by Gasteiger charge is 2.79. The van der Waals surface area contributed by atoms with Gasteiger partial charge in [0.05, 0.1) is 45.9 Å². The number of anilines is 2. The summed E-state index contributed by atoms with van der Waals surface area (Å²) in [4.78, 5) is 61.3. The van der Waals surface area contributed by atoms with Gasteiger partial charge in [0.25, 0.3) is 0 Å². The summed E-state index contributed by atoms with van der Waals surface area (Å²) < 4.78 is 39.1. The van der Waals surface area contributed by atoms with Gasteiger partial charge in [0, 0.05) is 57.2 Å². The van der Waals surface area contributed by atoms with Crippen LogP contribution in [0.25, 0.3) is 0 Å². The zero-order valence-corrected chi connectivity index (χ0v) is 60.8. The molecule has 15 rings (SSSR count). The molecule has 5 saturated carbocycles. The Morgan fingerprint density at radius 3 is 1.54 bits per heavy atom. The van der Waals surface area contributed by atoms with Crippen LogP contribution in [0.4, 0.5) is 20.2 Å². The second-order valence-corrected chi connectivity index (χ2v) is 33.5. The normalized spacial score (nSPS) is 31.7. The molecule has 4 heterocycles. The minimum absolute atomic E-state index is 0. The van der Waals surface area contributed by atoms with E-state index in [0.29, 0.717) is 91.2 Å². The van der Waals surface area contributed by atoms with E-state index in [1.54, 1.807) is 48.5 Å². The predicted molar refractivity (Wildman–Crippen MR) is 389 cm³/mol. The van der Waals surface area contributed by atoms with E-state index in [0.717, 1.165) is 73.6 Å². The third-order valence-electron chi connectivity index (χ3n) is 25.1. The minimum Gasteiger partial charge on any atom is -0.454 e. The van der Waals surface area contributed by atoms with Gasteiger partial charge in [-0.05, 0) is 201 Å². The number of nitrogens with one attached hydrogen (secondary N) is 2. The molecule has 6 aromatic carbocycles. The second-order valence-electron chi connectivity index (χ2n) is 31.8. The Morgan fingerprint density at radius 1 is 0.570 bits per heavy atom. The van der Waals surface area contributed by atoms with Crippen LogP contribution in [0.3, 0.4) is 0 Å². The van der Waals surface area contributed by atoms with Crippen molar-refractivity contribution in [3.63, 3.8) is 0 Å². The van der Waals surface area contributed by atoms with Crippen LogP contribution < -0.4 is 16.4 Å². The van der Waals surface area contributed by atoms with Crippen molar-refractivity contribution in [2.75, 3.05) is 23.8 Å². The fourth-order valence-corrected chi connectivity index (χ4v) is 20.4. The lowest BCUT2D eigenvalue weighted by atomic mass is 9.51. The van der Waals surface area contributed by atoms with Gasteiger partial charge in [-0.2, -0.15) is 0 Å². The highest BCUT2D eigenvalue weighted by molar-refractivity contribution is 6.32. The second kappa shape index (κ2) is 28.2. The Labute approximate surface area is 611 Å². The first-order valence-electron chi connectivity index (χ1n) is 35.2. The summed E-state index contributed by atoms with van der Waals surface area (Å²) in [5.74, 6) is -4.28. The number of halogens is 7. The van der Waals surface area contributed by atoms with Gasteiger partial charge in [0.1, 0.15) is 35.0 Å². The highest BCUT2D eigenvalue weighted by atomic mass is 35.5. The first-order chi connectivity index (χ1) is 47.1. The minimum atomic E-state index is -1.36. The number of amides is 2. The molecule has 100 heavy (non-hydrogen) atoms. The van der Waals surface area contributed by atoms with E-state index >= 15 is 13.6 Å². The number of nitrogens with two attached hydrogens (primary N) is 1. The fourth-order valence-electron chi connectivity index (χ4n) is 19.7. The largest absolute Gasteiger partial charge is 0.454 e. The van der Waals surface area contributed by atoms with Crippen LogP contribution in [0, 0.1) is 39.7 Å². The van der Waals surface area contributed by atoms with Crippen molar-refractivity contribution < 1.29 is 53.1 Å². The number of carbonyl (C=O) groups excluding carboxylic acids is 4. The Balaban J connectivity index is 0.000000166. The third-order valence-corrected chi connectivity index (χ3v) is 26.2. The number of cyclic esters (lactones) is 1. The topological polar surface area (TPSA) is 212 Å². The van der Waals surface area contributed by atoms with Crippen LogP contribution in [0.5, 0.6) is 0 Å². The van der Waals surface area contributed by atoms with Gasteiger partial charge in [-0.3, -0.25) is 24.1 Å². The van der Waals surface area contributed by atoms with Crippen LogP contribution in [0.2, 0.25) is 20.1 Å². The number of fused-ring (bicyclic) bond motifs is 8. The number of aliphatic hydroxyl groups is 4. The van der Waals surface area contributed by atoms with Crippen LogP contribution >= 0.6 is 58.8 Å². The molecule has 5 aliphatic carbocycles. The van der Waals surface area contributed by atoms with Crippen molar-refractivity contribution >= 4 is 93.8 Å². The lowest BCUT2D eigenvalue weighted by Crippen LogP contribution is -2.64. The number of carbonyl (C=O) groups is 4. The molecule has 0 aromatic heterocycles. The SMILES string of the molecule is CC1(C)CCC2(CC1)C[C@@H](C(=O)CC1CCC(O)(CO)CC1)[C@H](c1cccc(Cl)c1F)[C@]21C(=O)Nc2cc(Cl)ccc21.CC1(C)CCC2(CC1)N1[C@H](c3ccccc3)[C@H](c3ccccc3)OC(=O)[C@H]1[C@H](c1cccc(Cl)c1F)[C@@]21C(=O)Nc2cc(Cl)ccc21.Cl.NC1CCC(O)(CO)CC1. The lowest BCUT2D eigenvalue weighted by Gasteiger charge is -2.57. The molecule has 534 valence electrons. The summed E-state index contributed by atoms with van der Waals surface area (Å²) in [6.07, 6.45) is 11.4. The fraction of sp³-hybridized carbons (Fsp3) is 0.500. The van der Waals surface area contributed by atoms with E-state index in [-0.39, 0.29) is 81.6 Å². The van der Waals surface area contributed by atoms with E-state index in [1.165, 1.54) is 12.1 Å². The van der Waals surface area contributed by atoms with Crippen LogP contribution in [0.15, 0.2) is 133 Å². The Hall–Kier alpha value is -5.53. The molecular formula is C80H91Cl5F2N4O9. The Kier molecular flexibility index (Phi) is 20.9. The molecule has 13 nitrogen and oxygen atoms in total. The molecule has 0 unspecified atom stereocenters. The standard InChI is InChI=1S/C39H35Cl2FN2O3.C34H40Cl2FNO4.C7H15NO2.ClH/c1-37(2)18-20-38(21-19-37)39(27-17-16-25(40)22-29(27)43-36(39)46)30(26-14-9-15-28(41)31(26)42)33-35(45)47-34(24-12-7-4-8-13-24)32(44(33)38)23-10-5-3-6-11-23;1-31(2)12-14-32(15-13-31)18-23(27(40)16-20-8-10-33(42,19-39)11-9-20)28(22-4-3-5-25(36)29(22)37)34(32)24-7-6-21(35)17-26(24)38-30(34)41;8-6-1-3-7(10,5-9)4-2-6;/h3-17,22,30,32-34H,18-21H2,1-2H3,(H,43,46);3-7,17,20,23,28,39,42H,8-16,18-19H2,1-2H3,(H,38,41);6,9-10H,1-5,8H2;1H/t30-,32+,33+,34-,39-;20?,23-,28-,33?,34+;;/m00../s1. The number of ketones is 1. The van der Waals surface area contributed by atoms with E-state index in [2.05, 4.69) is 55.4 Å². The zero-order chi connectivity index (χ0) is 70.4. The maximum absolute atomic E-state index is 16.5. The monoisotopic (exact) mass is 1460 g/mol. The summed E-state index contributed by atoms with van der Waals surface area (Å²) >= 11 is 25.7. The molecule has 20 heteroatoms. The van der Waals surface area contributed by atoms with Gasteiger partial charge in [-0.25, -0.2) is 8.78 Å². The van der Waals surface area contributed by atoms with E-state index in [4.69, 9.17) is 62.0 Å². The number of ether oxygens (including phenoxy) is 1. The zero-order valence-electron chi connectivity index (χ0n) is 57.0. The molecule has 4 aliphatic heterocycles. The van der Waals surface area contributed by atoms with Gasteiger partial charge < -0.3 is 41.5 Å². The number of rotatable bonds is 9. The number of hydrogen-bond acceptors (Lipinski definition) is 11. The van der Waals surface area contributed by atoms with Crippen LogP contribution in [-0.2, 0) is 34.7 Å². The summed E-state index contributed by atoms with van der Waals surface area (Å²) in [6, 6.07) is 39.2. The molecule has 8 N–H and O–H groups in total. The molecule has 9 aliphatic rings. The smallest absolute Gasteiger partial charge is 0.324 e. The van der Waals surface area contributed by atoms with Crippen LogP contribution in [0.1, 0.15) is 201 Å². The number of morpholine rings is 1. The van der Waals surface area contributed by atoms with Gasteiger partial charge >= 0.3 is 5.97 Å². The molecule has 0 radical (unpaired) electrons. The number of benzene rings is 6. The summed E-state index contributed by atoms with van der Waals surface area (Å²) in [7, 11) is 0. The number of aliphatic hydroxyl groups excluding tert-OH is 2. The van der Waals surface area contributed by atoms with Gasteiger partial charge in [0.2, 0.25) is 11.8 Å². The van der Waals surface area contributed by atoms with Gasteiger partial charge in [0.15, 0.2) is 0 Å². The van der Waals surface area contributed by atoms with Crippen molar-refractivity contribution in [2.24, 2.45) is 33.8 Å². The van der Waals surface area contributed by atoms with Gasteiger partial charge in [-0.15, -0.1) is 12.4 Å². The molecular weight excluding hydrogens is 1380 g/mol. The van der Waals surface area contributed by atoms with E-state index < -0.39 is 86.5 Å². The summed E-state index contributed by atoms with van der Waals surface area (Å²) in [5, 5.41) is 45.6. The molecule has 6 aromatic rings. The molecule has 2 amide bonds.